The number of halogens is 1. The number of amides is 1. The highest BCUT2D eigenvalue weighted by Gasteiger charge is 2.05. The second kappa shape index (κ2) is 6.39. The standard InChI is InChI=1S/C15H15ClN2O2/c1-10-3-6-14(17-8-10)18-15(19)9-20-12-4-5-13(16)11(2)7-12/h3-8H,9H2,1-2H3,(H,17,18,19). The van der Waals surface area contributed by atoms with Crippen LogP contribution in [-0.4, -0.2) is 17.5 Å². The van der Waals surface area contributed by atoms with Crippen LogP contribution < -0.4 is 10.1 Å². The minimum atomic E-state index is -0.256. The van der Waals surface area contributed by atoms with Crippen molar-refractivity contribution in [1.82, 2.24) is 4.98 Å². The van der Waals surface area contributed by atoms with Gasteiger partial charge in [0.2, 0.25) is 0 Å². The molecule has 4 nitrogen and oxygen atoms in total. The van der Waals surface area contributed by atoms with E-state index in [1.54, 1.807) is 30.5 Å². The number of carbonyl (C=O) groups excluding carboxylic acids is 1. The van der Waals surface area contributed by atoms with Crippen molar-refractivity contribution in [2.24, 2.45) is 0 Å². The molecule has 0 aliphatic carbocycles. The topological polar surface area (TPSA) is 51.2 Å². The molecule has 0 radical (unpaired) electrons. The summed E-state index contributed by atoms with van der Waals surface area (Å²) in [7, 11) is 0. The van der Waals surface area contributed by atoms with E-state index in [-0.39, 0.29) is 12.5 Å². The zero-order valence-electron chi connectivity index (χ0n) is 11.3. The molecule has 1 heterocycles. The zero-order chi connectivity index (χ0) is 14.5. The first kappa shape index (κ1) is 14.3. The molecule has 0 unspecified atom stereocenters. The van der Waals surface area contributed by atoms with Crippen LogP contribution in [0.5, 0.6) is 5.75 Å². The second-order valence-corrected chi connectivity index (χ2v) is 4.88. The van der Waals surface area contributed by atoms with E-state index in [0.29, 0.717) is 16.6 Å². The van der Waals surface area contributed by atoms with Crippen molar-refractivity contribution in [3.05, 3.63) is 52.7 Å². The van der Waals surface area contributed by atoms with Crippen molar-refractivity contribution < 1.29 is 9.53 Å². The minimum Gasteiger partial charge on any atom is -0.484 e. The fourth-order valence-electron chi connectivity index (χ4n) is 1.58. The predicted octanol–water partition coefficient (Wildman–Crippen LogP) is 3.37. The van der Waals surface area contributed by atoms with Crippen LogP contribution in [-0.2, 0) is 4.79 Å². The first-order chi connectivity index (χ1) is 9.54. The maximum absolute atomic E-state index is 11.7. The van der Waals surface area contributed by atoms with E-state index in [4.69, 9.17) is 16.3 Å². The van der Waals surface area contributed by atoms with Crippen LogP contribution in [0.2, 0.25) is 5.02 Å². The van der Waals surface area contributed by atoms with Gasteiger partial charge in [-0.25, -0.2) is 4.98 Å². The number of aryl methyl sites for hydroxylation is 2. The lowest BCUT2D eigenvalue weighted by Gasteiger charge is -2.08. The molecule has 0 atom stereocenters. The van der Waals surface area contributed by atoms with Crippen LogP contribution in [0.1, 0.15) is 11.1 Å². The fraction of sp³-hybridized carbons (Fsp3) is 0.200. The Morgan fingerprint density at radius 1 is 1.30 bits per heavy atom. The summed E-state index contributed by atoms with van der Waals surface area (Å²) in [6.45, 7) is 3.74. The third-order valence-electron chi connectivity index (χ3n) is 2.68. The van der Waals surface area contributed by atoms with Crippen LogP contribution in [0, 0.1) is 13.8 Å². The first-order valence-electron chi connectivity index (χ1n) is 6.16. The van der Waals surface area contributed by atoms with Crippen LogP contribution >= 0.6 is 11.6 Å². The Hall–Kier alpha value is -2.07. The van der Waals surface area contributed by atoms with E-state index in [1.807, 2.05) is 19.9 Å². The highest BCUT2D eigenvalue weighted by atomic mass is 35.5. The van der Waals surface area contributed by atoms with Gasteiger partial charge in [0, 0.05) is 11.2 Å². The number of ether oxygens (including phenoxy) is 1. The number of hydrogen-bond acceptors (Lipinski definition) is 3. The highest BCUT2D eigenvalue weighted by Crippen LogP contribution is 2.20. The minimum absolute atomic E-state index is 0.0728. The van der Waals surface area contributed by atoms with Crippen LogP contribution in [0.4, 0.5) is 5.82 Å². The van der Waals surface area contributed by atoms with E-state index in [2.05, 4.69) is 10.3 Å². The Kier molecular flexibility index (Phi) is 4.58. The number of hydrogen-bond donors (Lipinski definition) is 1. The highest BCUT2D eigenvalue weighted by molar-refractivity contribution is 6.31. The van der Waals surface area contributed by atoms with Gasteiger partial charge in [-0.15, -0.1) is 0 Å². The maximum Gasteiger partial charge on any atom is 0.263 e. The number of aromatic nitrogens is 1. The van der Waals surface area contributed by atoms with Crippen molar-refractivity contribution in [1.29, 1.82) is 0 Å². The third kappa shape index (κ3) is 3.96. The van der Waals surface area contributed by atoms with E-state index in [1.165, 1.54) is 0 Å². The van der Waals surface area contributed by atoms with E-state index < -0.39 is 0 Å². The van der Waals surface area contributed by atoms with Crippen molar-refractivity contribution in [2.45, 2.75) is 13.8 Å². The summed E-state index contributed by atoms with van der Waals surface area (Å²) in [6, 6.07) is 8.89. The molecular weight excluding hydrogens is 276 g/mol. The molecule has 0 saturated heterocycles. The number of benzene rings is 1. The lowest BCUT2D eigenvalue weighted by molar-refractivity contribution is -0.118. The molecular formula is C15H15ClN2O2. The van der Waals surface area contributed by atoms with Gasteiger partial charge in [0.05, 0.1) is 0 Å². The van der Waals surface area contributed by atoms with Crippen LogP contribution in [0.3, 0.4) is 0 Å². The molecule has 0 aliphatic rings. The molecule has 1 amide bonds. The maximum atomic E-state index is 11.7. The molecule has 0 aliphatic heterocycles. The zero-order valence-corrected chi connectivity index (χ0v) is 12.1. The molecule has 1 aromatic heterocycles. The van der Waals surface area contributed by atoms with Gasteiger partial charge < -0.3 is 10.1 Å². The molecule has 2 aromatic rings. The van der Waals surface area contributed by atoms with Crippen molar-refractivity contribution in [3.8, 4) is 5.75 Å². The van der Waals surface area contributed by atoms with Gasteiger partial charge in [-0.05, 0) is 49.2 Å². The summed E-state index contributed by atoms with van der Waals surface area (Å²) < 4.78 is 5.40. The second-order valence-electron chi connectivity index (χ2n) is 4.47. The van der Waals surface area contributed by atoms with Crippen molar-refractivity contribution in [3.63, 3.8) is 0 Å². The Morgan fingerprint density at radius 2 is 2.10 bits per heavy atom. The Balaban J connectivity index is 1.88. The first-order valence-corrected chi connectivity index (χ1v) is 6.54. The van der Waals surface area contributed by atoms with E-state index in [9.17, 15) is 4.79 Å². The smallest absolute Gasteiger partial charge is 0.263 e. The molecule has 20 heavy (non-hydrogen) atoms. The largest absolute Gasteiger partial charge is 0.484 e. The molecule has 5 heteroatoms. The average molecular weight is 291 g/mol. The summed E-state index contributed by atoms with van der Waals surface area (Å²) in [5, 5.41) is 3.34. The molecule has 0 saturated carbocycles. The SMILES string of the molecule is Cc1ccc(NC(=O)COc2ccc(Cl)c(C)c2)nc1. The Labute approximate surface area is 122 Å². The monoisotopic (exact) mass is 290 g/mol. The molecule has 0 fully saturated rings. The van der Waals surface area contributed by atoms with Gasteiger partial charge in [0.15, 0.2) is 6.61 Å². The van der Waals surface area contributed by atoms with Gasteiger partial charge in [0.1, 0.15) is 11.6 Å². The number of rotatable bonds is 4. The average Bonchev–Trinajstić information content (AvgIpc) is 2.43. The molecule has 2 rings (SSSR count). The quantitative estimate of drug-likeness (QED) is 0.939. The summed E-state index contributed by atoms with van der Waals surface area (Å²) >= 11 is 5.92. The lowest BCUT2D eigenvalue weighted by atomic mass is 10.2. The normalized spacial score (nSPS) is 10.2. The van der Waals surface area contributed by atoms with Gasteiger partial charge in [0.25, 0.3) is 5.91 Å². The van der Waals surface area contributed by atoms with Gasteiger partial charge in [-0.1, -0.05) is 17.7 Å². The van der Waals surface area contributed by atoms with Gasteiger partial charge in [-0.2, -0.15) is 0 Å². The molecule has 104 valence electrons. The fourth-order valence-corrected chi connectivity index (χ4v) is 1.69. The van der Waals surface area contributed by atoms with Gasteiger partial charge in [-0.3, -0.25) is 4.79 Å². The van der Waals surface area contributed by atoms with Crippen LogP contribution in [0.15, 0.2) is 36.5 Å². The molecule has 1 N–H and O–H groups in total. The molecule has 0 spiro atoms. The Bertz CT molecular complexity index is 612. The summed E-state index contributed by atoms with van der Waals surface area (Å²) in [6.07, 6.45) is 1.69. The van der Waals surface area contributed by atoms with Crippen molar-refractivity contribution in [2.75, 3.05) is 11.9 Å². The number of carbonyl (C=O) groups is 1. The summed E-state index contributed by atoms with van der Waals surface area (Å²) in [5.74, 6) is 0.865. The number of nitrogens with zero attached hydrogens (tertiary/aromatic N) is 1. The van der Waals surface area contributed by atoms with Crippen LogP contribution in [0.25, 0.3) is 0 Å². The van der Waals surface area contributed by atoms with E-state index in [0.717, 1.165) is 11.1 Å². The lowest BCUT2D eigenvalue weighted by Crippen LogP contribution is -2.20. The van der Waals surface area contributed by atoms with Gasteiger partial charge >= 0.3 is 0 Å². The summed E-state index contributed by atoms with van der Waals surface area (Å²) in [5.41, 5.74) is 1.95. The molecule has 0 bridgehead atoms. The number of pyridine rings is 1. The third-order valence-corrected chi connectivity index (χ3v) is 3.10. The predicted molar refractivity (Wildman–Crippen MR) is 79.3 cm³/mol. The number of nitrogens with one attached hydrogen (secondary N) is 1. The Morgan fingerprint density at radius 3 is 2.75 bits per heavy atom. The van der Waals surface area contributed by atoms with E-state index >= 15 is 0 Å². The molecule has 1 aromatic carbocycles. The summed E-state index contributed by atoms with van der Waals surface area (Å²) in [4.78, 5) is 15.8. The van der Waals surface area contributed by atoms with Crippen molar-refractivity contribution >= 4 is 23.3 Å². The number of anilines is 1.